The molecule has 3 rings (SSSR count). The van der Waals surface area contributed by atoms with Crippen LogP contribution in [0.1, 0.15) is 31.5 Å². The van der Waals surface area contributed by atoms with E-state index in [0.717, 1.165) is 17.9 Å². The van der Waals surface area contributed by atoms with Crippen LogP contribution in [0.4, 0.5) is 4.39 Å². The Kier molecular flexibility index (Phi) is 4.40. The SMILES string of the molecule is CSC1(Cn2c(CCl)nc3cc(Cl)c(F)cc32)CCCC1. The molecule has 0 unspecified atom stereocenters. The summed E-state index contributed by atoms with van der Waals surface area (Å²) in [6.45, 7) is 0.827. The molecule has 1 aromatic heterocycles. The van der Waals surface area contributed by atoms with Crippen LogP contribution in [0.2, 0.25) is 5.02 Å². The Morgan fingerprint density at radius 1 is 1.38 bits per heavy atom. The highest BCUT2D eigenvalue weighted by atomic mass is 35.5. The Morgan fingerprint density at radius 3 is 2.71 bits per heavy atom. The van der Waals surface area contributed by atoms with Gasteiger partial charge >= 0.3 is 0 Å². The van der Waals surface area contributed by atoms with Gasteiger partial charge in [0.25, 0.3) is 0 Å². The molecule has 0 bridgehead atoms. The molecule has 1 saturated carbocycles. The largest absolute Gasteiger partial charge is 0.325 e. The maximum atomic E-state index is 13.8. The van der Waals surface area contributed by atoms with Crippen LogP contribution in [0.25, 0.3) is 11.0 Å². The lowest BCUT2D eigenvalue weighted by atomic mass is 10.1. The number of aromatic nitrogens is 2. The molecule has 21 heavy (non-hydrogen) atoms. The molecule has 114 valence electrons. The van der Waals surface area contributed by atoms with Gasteiger partial charge in [-0.25, -0.2) is 9.37 Å². The van der Waals surface area contributed by atoms with E-state index in [1.54, 1.807) is 6.07 Å². The average molecular weight is 347 g/mol. The van der Waals surface area contributed by atoms with Gasteiger partial charge in [-0.1, -0.05) is 24.4 Å². The third-order valence-corrected chi connectivity index (χ3v) is 6.32. The Morgan fingerprint density at radius 2 is 2.10 bits per heavy atom. The van der Waals surface area contributed by atoms with Crippen LogP contribution in [-0.4, -0.2) is 20.6 Å². The average Bonchev–Trinajstić information content (AvgIpc) is 3.07. The van der Waals surface area contributed by atoms with E-state index in [2.05, 4.69) is 15.8 Å². The molecule has 1 heterocycles. The molecule has 1 fully saturated rings. The number of hydrogen-bond donors (Lipinski definition) is 0. The van der Waals surface area contributed by atoms with Crippen molar-refractivity contribution in [2.45, 2.75) is 42.9 Å². The number of imidazole rings is 1. The second-order valence-electron chi connectivity index (χ2n) is 5.60. The molecule has 6 heteroatoms. The monoisotopic (exact) mass is 346 g/mol. The highest BCUT2D eigenvalue weighted by molar-refractivity contribution is 8.00. The summed E-state index contributed by atoms with van der Waals surface area (Å²) < 4.78 is 16.1. The van der Waals surface area contributed by atoms with Gasteiger partial charge in [-0.15, -0.1) is 11.6 Å². The van der Waals surface area contributed by atoms with Crippen molar-refractivity contribution < 1.29 is 4.39 Å². The van der Waals surface area contributed by atoms with Crippen LogP contribution >= 0.6 is 35.0 Å². The summed E-state index contributed by atoms with van der Waals surface area (Å²) in [7, 11) is 0. The molecule has 0 saturated heterocycles. The van der Waals surface area contributed by atoms with E-state index in [-0.39, 0.29) is 9.77 Å². The van der Waals surface area contributed by atoms with Crippen LogP contribution in [0.3, 0.4) is 0 Å². The summed E-state index contributed by atoms with van der Waals surface area (Å²) in [5, 5.41) is 0.105. The third kappa shape index (κ3) is 2.78. The first-order chi connectivity index (χ1) is 10.1. The summed E-state index contributed by atoms with van der Waals surface area (Å²) in [5.74, 6) is 0.697. The van der Waals surface area contributed by atoms with Crippen molar-refractivity contribution in [2.75, 3.05) is 6.26 Å². The van der Waals surface area contributed by atoms with Gasteiger partial charge in [-0.2, -0.15) is 11.8 Å². The maximum Gasteiger partial charge on any atom is 0.144 e. The third-order valence-electron chi connectivity index (χ3n) is 4.38. The molecular formula is C15H17Cl2FN2S. The number of fused-ring (bicyclic) bond motifs is 1. The quantitative estimate of drug-likeness (QED) is 0.704. The summed E-state index contributed by atoms with van der Waals surface area (Å²) >= 11 is 13.8. The van der Waals surface area contributed by atoms with E-state index >= 15 is 0 Å². The molecular weight excluding hydrogens is 330 g/mol. The Hall–Kier alpha value is -0.450. The first-order valence-electron chi connectivity index (χ1n) is 7.04. The van der Waals surface area contributed by atoms with Gasteiger partial charge in [-0.3, -0.25) is 0 Å². The summed E-state index contributed by atoms with van der Waals surface area (Å²) in [5.41, 5.74) is 1.50. The Balaban J connectivity index is 2.09. The van der Waals surface area contributed by atoms with Gasteiger partial charge in [0.2, 0.25) is 0 Å². The van der Waals surface area contributed by atoms with Crippen LogP contribution in [0.5, 0.6) is 0 Å². The minimum Gasteiger partial charge on any atom is -0.325 e. The minimum absolute atomic E-state index is 0.105. The Labute approximate surface area is 138 Å². The first-order valence-corrected chi connectivity index (χ1v) is 9.17. The van der Waals surface area contributed by atoms with Crippen molar-refractivity contribution in [3.8, 4) is 0 Å². The van der Waals surface area contributed by atoms with Gasteiger partial charge in [-0.05, 0) is 25.2 Å². The lowest BCUT2D eigenvalue weighted by molar-refractivity contribution is 0.504. The lowest BCUT2D eigenvalue weighted by Gasteiger charge is -2.28. The van der Waals surface area contributed by atoms with Crippen LogP contribution in [-0.2, 0) is 12.4 Å². The minimum atomic E-state index is -0.406. The molecule has 0 aliphatic heterocycles. The van der Waals surface area contributed by atoms with Gasteiger partial charge in [0, 0.05) is 17.4 Å². The molecule has 1 aliphatic carbocycles. The molecule has 0 radical (unpaired) electrons. The summed E-state index contributed by atoms with van der Waals surface area (Å²) in [4.78, 5) is 4.51. The summed E-state index contributed by atoms with van der Waals surface area (Å²) in [6, 6.07) is 3.06. The number of nitrogens with zero attached hydrogens (tertiary/aromatic N) is 2. The molecule has 1 aromatic carbocycles. The number of thioether (sulfide) groups is 1. The van der Waals surface area contributed by atoms with Gasteiger partial charge in [0.15, 0.2) is 0 Å². The van der Waals surface area contributed by atoms with E-state index in [1.165, 1.54) is 31.7 Å². The fraction of sp³-hybridized carbons (Fsp3) is 0.533. The number of hydrogen-bond acceptors (Lipinski definition) is 2. The molecule has 0 N–H and O–H groups in total. The molecule has 0 atom stereocenters. The van der Waals surface area contributed by atoms with Crippen molar-refractivity contribution in [3.63, 3.8) is 0 Å². The smallest absolute Gasteiger partial charge is 0.144 e. The molecule has 2 aromatic rings. The fourth-order valence-corrected chi connectivity index (χ4v) is 4.50. The van der Waals surface area contributed by atoms with Gasteiger partial charge in [0.1, 0.15) is 11.6 Å². The predicted molar refractivity (Wildman–Crippen MR) is 89.0 cm³/mol. The van der Waals surface area contributed by atoms with Crippen molar-refractivity contribution >= 4 is 46.0 Å². The van der Waals surface area contributed by atoms with Crippen molar-refractivity contribution in [2.24, 2.45) is 0 Å². The fourth-order valence-electron chi connectivity index (χ4n) is 3.18. The zero-order chi connectivity index (χ0) is 15.0. The van der Waals surface area contributed by atoms with Crippen molar-refractivity contribution in [1.82, 2.24) is 9.55 Å². The maximum absolute atomic E-state index is 13.8. The van der Waals surface area contributed by atoms with E-state index < -0.39 is 5.82 Å². The number of alkyl halides is 1. The molecule has 1 aliphatic rings. The van der Waals surface area contributed by atoms with E-state index in [9.17, 15) is 4.39 Å². The normalized spacial score (nSPS) is 17.7. The van der Waals surface area contributed by atoms with E-state index in [0.29, 0.717) is 11.4 Å². The zero-order valence-corrected chi connectivity index (χ0v) is 14.2. The molecule has 2 nitrogen and oxygen atoms in total. The van der Waals surface area contributed by atoms with Crippen molar-refractivity contribution in [3.05, 3.63) is 28.8 Å². The topological polar surface area (TPSA) is 17.8 Å². The first kappa shape index (κ1) is 15.4. The zero-order valence-electron chi connectivity index (χ0n) is 11.8. The van der Waals surface area contributed by atoms with Crippen LogP contribution in [0.15, 0.2) is 12.1 Å². The standard InChI is InChI=1S/C15H17Cl2FN2S/c1-21-15(4-2-3-5-15)9-20-13-7-11(18)10(17)6-12(13)19-14(20)8-16/h6-7H,2-5,8-9H2,1H3. The highest BCUT2D eigenvalue weighted by Crippen LogP contribution is 2.42. The molecule has 0 amide bonds. The predicted octanol–water partition coefficient (Wildman–Crippen LogP) is 5.24. The summed E-state index contributed by atoms with van der Waals surface area (Å²) in [6.07, 6.45) is 7.03. The van der Waals surface area contributed by atoms with Gasteiger partial charge in [0.05, 0.1) is 21.9 Å². The Bertz CT molecular complexity index is 665. The van der Waals surface area contributed by atoms with Crippen LogP contribution in [0, 0.1) is 5.82 Å². The number of rotatable bonds is 4. The van der Waals surface area contributed by atoms with Crippen LogP contribution < -0.4 is 0 Å². The second-order valence-corrected chi connectivity index (χ2v) is 7.55. The molecule has 0 spiro atoms. The highest BCUT2D eigenvalue weighted by Gasteiger charge is 2.34. The van der Waals surface area contributed by atoms with E-state index in [4.69, 9.17) is 23.2 Å². The van der Waals surface area contributed by atoms with Gasteiger partial charge < -0.3 is 4.57 Å². The van der Waals surface area contributed by atoms with E-state index in [1.807, 2.05) is 11.8 Å². The number of benzene rings is 1. The lowest BCUT2D eigenvalue weighted by Crippen LogP contribution is -2.27. The second kappa shape index (κ2) is 5.98. The number of halogens is 3. The van der Waals surface area contributed by atoms with Crippen molar-refractivity contribution in [1.29, 1.82) is 0 Å².